The number of aromatic nitrogens is 3. The number of amides is 4. The molecule has 8 rings (SSSR count). The Kier molecular flexibility index (Phi) is 11.8. The Morgan fingerprint density at radius 3 is 2.38 bits per heavy atom. The number of likely N-dealkylation sites (tertiary alicyclic amines) is 1. The molecule has 1 aliphatic carbocycles. The van der Waals surface area contributed by atoms with Crippen LogP contribution in [0.5, 0.6) is 0 Å². The van der Waals surface area contributed by atoms with Gasteiger partial charge in [0.15, 0.2) is 5.69 Å². The molecule has 1 saturated carbocycles. The molecular formula is C43H47F4N9O5. The number of nitrogens with zero attached hydrogens (tertiary/aromatic N) is 5. The summed E-state index contributed by atoms with van der Waals surface area (Å²) in [6, 6.07) is 14.7. The van der Waals surface area contributed by atoms with Crippen LogP contribution in [0.25, 0.3) is 5.69 Å². The molecule has 0 radical (unpaired) electrons. The quantitative estimate of drug-likeness (QED) is 0.103. The summed E-state index contributed by atoms with van der Waals surface area (Å²) in [5.41, 5.74) is 6.34. The maximum absolute atomic E-state index is 15.2. The Morgan fingerprint density at radius 1 is 0.967 bits per heavy atom. The van der Waals surface area contributed by atoms with Crippen molar-refractivity contribution >= 4 is 40.7 Å². The van der Waals surface area contributed by atoms with Gasteiger partial charge in [0.2, 0.25) is 11.8 Å². The molecule has 0 bridgehead atoms. The van der Waals surface area contributed by atoms with Gasteiger partial charge in [0.05, 0.1) is 36.0 Å². The van der Waals surface area contributed by atoms with E-state index >= 15 is 4.39 Å². The highest BCUT2D eigenvalue weighted by Gasteiger charge is 2.46. The fourth-order valence-electron chi connectivity index (χ4n) is 8.89. The van der Waals surface area contributed by atoms with Gasteiger partial charge in [-0.3, -0.25) is 24.5 Å². The minimum Gasteiger partial charge on any atom is -0.374 e. The van der Waals surface area contributed by atoms with Crippen LogP contribution in [0.15, 0.2) is 66.9 Å². The maximum atomic E-state index is 15.2. The number of piperidine rings is 3. The second-order valence-electron chi connectivity index (χ2n) is 16.6. The molecule has 14 nitrogen and oxygen atoms in total. The lowest BCUT2D eigenvalue weighted by Gasteiger charge is -2.52. The van der Waals surface area contributed by atoms with Gasteiger partial charge in [-0.05, 0) is 117 Å². The second-order valence-corrected chi connectivity index (χ2v) is 16.6. The van der Waals surface area contributed by atoms with Crippen molar-refractivity contribution in [3.05, 3.63) is 95.3 Å². The van der Waals surface area contributed by atoms with Crippen molar-refractivity contribution in [1.29, 1.82) is 0 Å². The summed E-state index contributed by atoms with van der Waals surface area (Å²) in [6.07, 6.45) is 3.76. The van der Waals surface area contributed by atoms with E-state index in [2.05, 4.69) is 35.8 Å². The Balaban J connectivity index is 0.751. The molecule has 5 heterocycles. The first-order chi connectivity index (χ1) is 29.2. The van der Waals surface area contributed by atoms with Crippen molar-refractivity contribution in [2.24, 2.45) is 17.1 Å². The molecule has 2 aromatic heterocycles. The van der Waals surface area contributed by atoms with Crippen LogP contribution < -0.4 is 26.6 Å². The summed E-state index contributed by atoms with van der Waals surface area (Å²) in [5.74, 6) is -2.33. The smallest absolute Gasteiger partial charge is 0.374 e. The predicted octanol–water partition coefficient (Wildman–Crippen LogP) is 5.67. The number of carbonyl (C=O) groups excluding carboxylic acids is 4. The largest absolute Gasteiger partial charge is 0.433 e. The first-order valence-corrected chi connectivity index (χ1v) is 20.5. The van der Waals surface area contributed by atoms with Gasteiger partial charge in [0.1, 0.15) is 23.2 Å². The number of pyridine rings is 1. The highest BCUT2D eigenvalue weighted by molar-refractivity contribution is 6.07. The number of hydrogen-bond donors (Lipinski definition) is 4. The summed E-state index contributed by atoms with van der Waals surface area (Å²) < 4.78 is 62.1. The van der Waals surface area contributed by atoms with Gasteiger partial charge >= 0.3 is 6.18 Å². The van der Waals surface area contributed by atoms with E-state index in [9.17, 15) is 32.3 Å². The monoisotopic (exact) mass is 845 g/mol. The van der Waals surface area contributed by atoms with E-state index in [0.29, 0.717) is 41.4 Å². The molecule has 4 fully saturated rings. The number of halogens is 4. The third kappa shape index (κ3) is 9.70. The standard InChI is InChI=1S/C43H47F4N9O5/c44-31-20-28(49-33-9-11-37(57)52-41(33)60)6-10-35(31)55-16-12-26(13-17-55)23-54-18-14-42(15-19-54)21-30(22-42)61-25-27-4-7-29(8-5-27)56-24-34(38(53-56)39(48)58)51-40(59)32-2-1-3-36(50-32)43(45,46)47/h1-8,10,20,24,26,30,33,49H,9,11-19,21-23,25H2,(H2,48,58)(H,51,59)(H,52,57,60). The van der Waals surface area contributed by atoms with Crippen LogP contribution in [-0.4, -0.2) is 88.2 Å². The van der Waals surface area contributed by atoms with Gasteiger partial charge in [-0.1, -0.05) is 18.2 Å². The Labute approximate surface area is 349 Å². The lowest BCUT2D eigenvalue weighted by molar-refractivity contribution is -0.141. The number of anilines is 3. The number of nitrogens with two attached hydrogens (primary N) is 1. The van der Waals surface area contributed by atoms with Crippen molar-refractivity contribution in [1.82, 2.24) is 25.0 Å². The Bertz CT molecular complexity index is 2280. The third-order valence-corrected chi connectivity index (χ3v) is 12.4. The third-order valence-electron chi connectivity index (χ3n) is 12.4. The summed E-state index contributed by atoms with van der Waals surface area (Å²) in [6.45, 7) is 5.16. The topological polar surface area (TPSA) is 177 Å². The van der Waals surface area contributed by atoms with Crippen molar-refractivity contribution in [2.75, 3.05) is 48.3 Å². The second kappa shape index (κ2) is 17.2. The number of nitrogens with one attached hydrogen (secondary N) is 3. The van der Waals surface area contributed by atoms with Crippen LogP contribution in [0.2, 0.25) is 0 Å². The fourth-order valence-corrected chi connectivity index (χ4v) is 8.89. The van der Waals surface area contributed by atoms with Crippen LogP contribution in [0.3, 0.4) is 0 Å². The molecular weight excluding hydrogens is 799 g/mol. The first kappa shape index (κ1) is 41.8. The summed E-state index contributed by atoms with van der Waals surface area (Å²) in [5, 5.41) is 12.0. The SMILES string of the molecule is NC(=O)c1nn(-c2ccc(COC3CC4(CCN(CC5CCN(c6ccc(NC7CCC(=O)NC7=O)cc6F)CC5)CC4)C3)cc2)cc1NC(=O)c1cccc(C(F)(F)F)n1. The molecule has 1 unspecified atom stereocenters. The van der Waals surface area contributed by atoms with E-state index < -0.39 is 35.4 Å². The summed E-state index contributed by atoms with van der Waals surface area (Å²) in [4.78, 5) is 56.5. The number of ether oxygens (including phenoxy) is 1. The lowest BCUT2D eigenvalue weighted by atomic mass is 9.61. The summed E-state index contributed by atoms with van der Waals surface area (Å²) in [7, 11) is 0. The van der Waals surface area contributed by atoms with Crippen molar-refractivity contribution in [2.45, 2.75) is 76.3 Å². The van der Waals surface area contributed by atoms with Crippen molar-refractivity contribution in [3.63, 3.8) is 0 Å². The molecule has 3 aliphatic heterocycles. The molecule has 5 N–H and O–H groups in total. The molecule has 1 atom stereocenters. The van der Waals surface area contributed by atoms with Crippen LogP contribution in [-0.2, 0) is 27.1 Å². The molecule has 322 valence electrons. The molecule has 4 amide bonds. The minimum absolute atomic E-state index is 0.0730. The number of alkyl halides is 3. The number of imide groups is 1. The Hall–Kier alpha value is -5.88. The average Bonchev–Trinajstić information content (AvgIpc) is 3.65. The van der Waals surface area contributed by atoms with Crippen molar-refractivity contribution in [3.8, 4) is 5.69 Å². The first-order valence-electron chi connectivity index (χ1n) is 20.5. The molecule has 4 aromatic rings. The molecule has 4 aliphatic rings. The number of carbonyl (C=O) groups is 4. The van der Waals surface area contributed by atoms with Gasteiger partial charge in [-0.25, -0.2) is 14.1 Å². The van der Waals surface area contributed by atoms with E-state index in [1.54, 1.807) is 24.3 Å². The van der Waals surface area contributed by atoms with Gasteiger partial charge < -0.3 is 30.9 Å². The van der Waals surface area contributed by atoms with Gasteiger partial charge in [0, 0.05) is 31.7 Å². The zero-order valence-corrected chi connectivity index (χ0v) is 33.3. The van der Waals surface area contributed by atoms with Crippen LogP contribution in [0.1, 0.15) is 83.6 Å². The van der Waals surface area contributed by atoms with E-state index in [4.69, 9.17) is 10.5 Å². The average molecular weight is 846 g/mol. The summed E-state index contributed by atoms with van der Waals surface area (Å²) >= 11 is 0. The molecule has 1 spiro atoms. The van der Waals surface area contributed by atoms with E-state index in [1.807, 2.05) is 12.1 Å². The minimum atomic E-state index is -4.73. The fraction of sp³-hybridized carbons (Fsp3) is 0.442. The normalized spacial score (nSPS) is 20.0. The highest BCUT2D eigenvalue weighted by atomic mass is 19.4. The predicted molar refractivity (Wildman–Crippen MR) is 216 cm³/mol. The van der Waals surface area contributed by atoms with Crippen LogP contribution in [0.4, 0.5) is 34.6 Å². The highest BCUT2D eigenvalue weighted by Crippen LogP contribution is 2.50. The van der Waals surface area contributed by atoms with Gasteiger partial charge in [-0.15, -0.1) is 0 Å². The number of rotatable bonds is 12. The number of benzene rings is 2. The molecule has 18 heteroatoms. The number of hydrogen-bond acceptors (Lipinski definition) is 10. The molecule has 3 saturated heterocycles. The van der Waals surface area contributed by atoms with E-state index in [-0.39, 0.29) is 41.5 Å². The Morgan fingerprint density at radius 2 is 1.70 bits per heavy atom. The van der Waals surface area contributed by atoms with Crippen LogP contribution >= 0.6 is 0 Å². The van der Waals surface area contributed by atoms with Crippen molar-refractivity contribution < 1.29 is 41.5 Å². The number of primary amides is 1. The zero-order chi connectivity index (χ0) is 42.9. The zero-order valence-electron chi connectivity index (χ0n) is 33.3. The lowest BCUT2D eigenvalue weighted by Crippen LogP contribution is -2.51. The molecule has 61 heavy (non-hydrogen) atoms. The van der Waals surface area contributed by atoms with Crippen LogP contribution in [0, 0.1) is 17.2 Å². The van der Waals surface area contributed by atoms with Gasteiger partial charge in [0.25, 0.3) is 11.8 Å². The molecule has 2 aromatic carbocycles. The maximum Gasteiger partial charge on any atom is 0.433 e. The van der Waals surface area contributed by atoms with E-state index in [1.165, 1.54) is 16.9 Å². The van der Waals surface area contributed by atoms with Gasteiger partial charge in [-0.2, -0.15) is 18.3 Å². The van der Waals surface area contributed by atoms with E-state index in [0.717, 1.165) is 95.0 Å².